The van der Waals surface area contributed by atoms with Gasteiger partial charge in [-0.05, 0) is 42.7 Å². The molecule has 3 rings (SSSR count). The molecule has 28 heavy (non-hydrogen) atoms. The van der Waals surface area contributed by atoms with E-state index in [4.69, 9.17) is 9.47 Å². The van der Waals surface area contributed by atoms with E-state index in [1.54, 1.807) is 43.5 Å². The number of ketones is 1. The van der Waals surface area contributed by atoms with E-state index >= 15 is 0 Å². The molecule has 3 aromatic rings. The van der Waals surface area contributed by atoms with Gasteiger partial charge in [0.05, 0.1) is 30.7 Å². The lowest BCUT2D eigenvalue weighted by Crippen LogP contribution is -2.22. The average molecular weight is 444 g/mol. The Kier molecular flexibility index (Phi) is 5.89. The summed E-state index contributed by atoms with van der Waals surface area (Å²) in [6, 6.07) is 10.3. The molecule has 0 unspecified atom stereocenters. The first-order chi connectivity index (χ1) is 13.3. The zero-order chi connectivity index (χ0) is 20.4. The van der Waals surface area contributed by atoms with Gasteiger partial charge in [0.15, 0.2) is 17.3 Å². The second-order valence-electron chi connectivity index (χ2n) is 6.99. The predicted molar refractivity (Wildman–Crippen MR) is 114 cm³/mol. The zero-order valence-electron chi connectivity index (χ0n) is 16.3. The van der Waals surface area contributed by atoms with Gasteiger partial charge in [-0.25, -0.2) is 0 Å². The number of halogens is 1. The second-order valence-corrected chi connectivity index (χ2v) is 7.91. The molecular weight excluding hydrogens is 422 g/mol. The molecule has 0 aliphatic heterocycles. The van der Waals surface area contributed by atoms with E-state index < -0.39 is 0 Å². The molecular formula is C22H22BrNO4. The molecule has 2 aromatic carbocycles. The normalized spacial score (nSPS) is 11.1. The minimum absolute atomic E-state index is 0.177. The molecule has 0 saturated carbocycles. The number of ether oxygens (including phenoxy) is 2. The van der Waals surface area contributed by atoms with Gasteiger partial charge in [0, 0.05) is 21.8 Å². The maximum atomic E-state index is 13.3. The fraction of sp³-hybridized carbons (Fsp3) is 0.273. The van der Waals surface area contributed by atoms with Crippen LogP contribution in [-0.4, -0.2) is 25.0 Å². The number of H-pyrrole nitrogens is 1. The number of aromatic nitrogens is 1. The number of fused-ring (bicyclic) bond motifs is 1. The number of nitrogens with one attached hydrogen (secondary N) is 1. The molecule has 0 fully saturated rings. The fourth-order valence-electron chi connectivity index (χ4n) is 3.21. The molecule has 0 spiro atoms. The van der Waals surface area contributed by atoms with Gasteiger partial charge in [-0.3, -0.25) is 9.59 Å². The van der Waals surface area contributed by atoms with Crippen LogP contribution >= 0.6 is 15.9 Å². The van der Waals surface area contributed by atoms with Crippen molar-refractivity contribution < 1.29 is 14.3 Å². The lowest BCUT2D eigenvalue weighted by atomic mass is 9.95. The Labute approximate surface area is 171 Å². The van der Waals surface area contributed by atoms with E-state index in [2.05, 4.69) is 20.9 Å². The summed E-state index contributed by atoms with van der Waals surface area (Å²) >= 11 is 3.37. The third-order valence-corrected chi connectivity index (χ3v) is 5.06. The highest BCUT2D eigenvalue weighted by Crippen LogP contribution is 2.31. The van der Waals surface area contributed by atoms with Crippen LogP contribution in [-0.2, 0) is 6.42 Å². The number of benzene rings is 2. The van der Waals surface area contributed by atoms with Crippen LogP contribution < -0.4 is 14.9 Å². The first-order valence-corrected chi connectivity index (χ1v) is 9.76. The van der Waals surface area contributed by atoms with Crippen molar-refractivity contribution in [3.05, 3.63) is 67.9 Å². The summed E-state index contributed by atoms with van der Waals surface area (Å²) in [5.74, 6) is 0.943. The molecule has 0 aliphatic carbocycles. The van der Waals surface area contributed by atoms with Gasteiger partial charge in [-0.2, -0.15) is 0 Å². The minimum Gasteiger partial charge on any atom is -0.493 e. The van der Waals surface area contributed by atoms with Crippen LogP contribution in [0.4, 0.5) is 0 Å². The topological polar surface area (TPSA) is 68.4 Å². The monoisotopic (exact) mass is 443 g/mol. The highest BCUT2D eigenvalue weighted by atomic mass is 79.9. The molecule has 5 nitrogen and oxygen atoms in total. The summed E-state index contributed by atoms with van der Waals surface area (Å²) in [6.45, 7) is 4.09. The van der Waals surface area contributed by atoms with Crippen LogP contribution in [0.3, 0.4) is 0 Å². The van der Waals surface area contributed by atoms with Crippen molar-refractivity contribution >= 4 is 32.6 Å². The summed E-state index contributed by atoms with van der Waals surface area (Å²) < 4.78 is 11.5. The third-order valence-electron chi connectivity index (χ3n) is 4.53. The Bertz CT molecular complexity index is 1080. The van der Waals surface area contributed by atoms with Gasteiger partial charge in [-0.15, -0.1) is 0 Å². The van der Waals surface area contributed by atoms with Crippen LogP contribution in [0.15, 0.2) is 45.7 Å². The Balaban J connectivity index is 2.29. The smallest absolute Gasteiger partial charge is 0.200 e. The molecule has 0 saturated heterocycles. The predicted octanol–water partition coefficient (Wildman–Crippen LogP) is 4.74. The molecule has 0 amide bonds. The summed E-state index contributed by atoms with van der Waals surface area (Å²) in [5, 5.41) is 0.394. The van der Waals surface area contributed by atoms with Crippen LogP contribution in [0.5, 0.6) is 11.5 Å². The summed E-state index contributed by atoms with van der Waals surface area (Å²) in [5.41, 5.74) is 1.59. The van der Waals surface area contributed by atoms with Gasteiger partial charge < -0.3 is 14.5 Å². The van der Waals surface area contributed by atoms with E-state index in [1.807, 2.05) is 13.8 Å². The quantitative estimate of drug-likeness (QED) is 0.558. The molecule has 0 aliphatic rings. The van der Waals surface area contributed by atoms with Gasteiger partial charge in [0.2, 0.25) is 5.43 Å². The number of carbonyl (C=O) groups excluding carboxylic acids is 1. The van der Waals surface area contributed by atoms with Gasteiger partial charge in [-0.1, -0.05) is 29.8 Å². The van der Waals surface area contributed by atoms with Crippen LogP contribution in [0.25, 0.3) is 10.9 Å². The number of methoxy groups -OCH3 is 2. The Morgan fingerprint density at radius 2 is 1.68 bits per heavy atom. The van der Waals surface area contributed by atoms with E-state index in [9.17, 15) is 9.59 Å². The molecule has 6 heteroatoms. The number of hydrogen-bond donors (Lipinski definition) is 1. The van der Waals surface area contributed by atoms with Crippen molar-refractivity contribution in [3.63, 3.8) is 0 Å². The van der Waals surface area contributed by atoms with Crippen molar-refractivity contribution in [2.45, 2.75) is 20.3 Å². The van der Waals surface area contributed by atoms with Crippen LogP contribution in [0.2, 0.25) is 0 Å². The molecule has 0 atom stereocenters. The van der Waals surface area contributed by atoms with E-state index in [0.717, 1.165) is 4.47 Å². The maximum Gasteiger partial charge on any atom is 0.200 e. The van der Waals surface area contributed by atoms with Crippen molar-refractivity contribution in [2.24, 2.45) is 5.92 Å². The molecule has 0 radical (unpaired) electrons. The SMILES string of the molecule is COc1cc2[nH]c(CC(C)C)c(C(=O)c3ccc(Br)cc3)c(=O)c2cc1OC. The first kappa shape index (κ1) is 20.1. The lowest BCUT2D eigenvalue weighted by molar-refractivity contribution is 0.103. The van der Waals surface area contributed by atoms with Crippen molar-refractivity contribution in [1.29, 1.82) is 0 Å². The number of pyridine rings is 1. The van der Waals surface area contributed by atoms with Crippen molar-refractivity contribution in [1.82, 2.24) is 4.98 Å². The largest absolute Gasteiger partial charge is 0.493 e. The highest BCUT2D eigenvalue weighted by molar-refractivity contribution is 9.10. The molecule has 1 heterocycles. The number of carbonyl (C=O) groups is 1. The van der Waals surface area contributed by atoms with E-state index in [1.165, 1.54) is 7.11 Å². The Hall–Kier alpha value is -2.60. The number of hydrogen-bond acceptors (Lipinski definition) is 4. The lowest BCUT2D eigenvalue weighted by Gasteiger charge is -2.15. The highest BCUT2D eigenvalue weighted by Gasteiger charge is 2.22. The van der Waals surface area contributed by atoms with E-state index in [0.29, 0.717) is 40.1 Å². The average Bonchev–Trinajstić information content (AvgIpc) is 2.67. The fourth-order valence-corrected chi connectivity index (χ4v) is 3.48. The zero-order valence-corrected chi connectivity index (χ0v) is 17.8. The number of rotatable bonds is 6. The van der Waals surface area contributed by atoms with E-state index in [-0.39, 0.29) is 22.7 Å². The standard InChI is InChI=1S/C22H22BrNO4/c1-12(2)9-17-20(21(25)13-5-7-14(23)8-6-13)22(26)15-10-18(27-3)19(28-4)11-16(15)24-17/h5-8,10-12H,9H2,1-4H3,(H,24,26). The summed E-state index contributed by atoms with van der Waals surface area (Å²) in [6.07, 6.45) is 0.580. The Morgan fingerprint density at radius 1 is 1.07 bits per heavy atom. The van der Waals surface area contributed by atoms with Gasteiger partial charge in [0.25, 0.3) is 0 Å². The second kappa shape index (κ2) is 8.19. The van der Waals surface area contributed by atoms with Crippen LogP contribution in [0, 0.1) is 5.92 Å². The minimum atomic E-state index is -0.307. The van der Waals surface area contributed by atoms with Gasteiger partial charge >= 0.3 is 0 Å². The van der Waals surface area contributed by atoms with Crippen LogP contribution in [0.1, 0.15) is 35.5 Å². The molecule has 1 N–H and O–H groups in total. The molecule has 1 aromatic heterocycles. The summed E-state index contributed by atoms with van der Waals surface area (Å²) in [7, 11) is 3.06. The molecule has 0 bridgehead atoms. The van der Waals surface area contributed by atoms with Crippen molar-refractivity contribution in [3.8, 4) is 11.5 Å². The Morgan fingerprint density at radius 3 is 2.25 bits per heavy atom. The first-order valence-electron chi connectivity index (χ1n) is 8.96. The van der Waals surface area contributed by atoms with Gasteiger partial charge in [0.1, 0.15) is 0 Å². The van der Waals surface area contributed by atoms with Crippen molar-refractivity contribution in [2.75, 3.05) is 14.2 Å². The number of aromatic amines is 1. The molecule has 146 valence electrons. The maximum absolute atomic E-state index is 13.3. The summed E-state index contributed by atoms with van der Waals surface area (Å²) in [4.78, 5) is 29.8. The third kappa shape index (κ3) is 3.83.